The number of benzene rings is 1. The number of piperazine rings is 1. The molecule has 0 amide bonds. The highest BCUT2D eigenvalue weighted by atomic mass is 32.2. The first-order valence-electron chi connectivity index (χ1n) is 11.7. The van der Waals surface area contributed by atoms with E-state index in [1.165, 1.54) is 22.4 Å². The average Bonchev–Trinajstić information content (AvgIpc) is 2.79. The number of aliphatic hydroxyl groups excluding tert-OH is 1. The van der Waals surface area contributed by atoms with Crippen LogP contribution in [0.5, 0.6) is 0 Å². The summed E-state index contributed by atoms with van der Waals surface area (Å²) in [5.41, 5.74) is 0.674. The smallest absolute Gasteiger partial charge is 0.389 e. The molecule has 2 fully saturated rings. The maximum Gasteiger partial charge on any atom is 0.416 e. The van der Waals surface area contributed by atoms with Gasteiger partial charge in [-0.1, -0.05) is 26.0 Å². The van der Waals surface area contributed by atoms with Gasteiger partial charge in [0.2, 0.25) is 10.0 Å². The van der Waals surface area contributed by atoms with Crippen LogP contribution in [-0.2, 0) is 20.9 Å². The Morgan fingerprint density at radius 2 is 1.91 bits per heavy atom. The first-order chi connectivity index (χ1) is 15.9. The fourth-order valence-electron chi connectivity index (χ4n) is 5.44. The highest BCUT2D eigenvalue weighted by molar-refractivity contribution is 7.89. The van der Waals surface area contributed by atoms with Gasteiger partial charge in [0.15, 0.2) is 0 Å². The first-order valence-corrected chi connectivity index (χ1v) is 13.2. The molecule has 0 unspecified atom stereocenters. The molecule has 3 aliphatic carbocycles. The molecule has 1 aromatic carbocycles. The third-order valence-electron chi connectivity index (χ3n) is 7.76. The zero-order valence-corrected chi connectivity index (χ0v) is 20.4. The van der Waals surface area contributed by atoms with Crippen LogP contribution in [0, 0.1) is 17.3 Å². The van der Waals surface area contributed by atoms with E-state index in [0.29, 0.717) is 43.6 Å². The van der Waals surface area contributed by atoms with Crippen molar-refractivity contribution < 1.29 is 31.4 Å². The van der Waals surface area contributed by atoms with Gasteiger partial charge in [0.05, 0.1) is 29.8 Å². The molecule has 6 nitrogen and oxygen atoms in total. The molecule has 10 heteroatoms. The van der Waals surface area contributed by atoms with Crippen molar-refractivity contribution in [3.63, 3.8) is 0 Å². The molecule has 1 saturated carbocycles. The maximum absolute atomic E-state index is 13.0. The summed E-state index contributed by atoms with van der Waals surface area (Å²) in [6.07, 6.45) is -0.706. The van der Waals surface area contributed by atoms with Crippen molar-refractivity contribution >= 4 is 10.0 Å². The molecule has 3 atom stereocenters. The van der Waals surface area contributed by atoms with E-state index in [1.807, 2.05) is 4.90 Å². The van der Waals surface area contributed by atoms with Crippen LogP contribution in [0.2, 0.25) is 0 Å². The van der Waals surface area contributed by atoms with E-state index in [0.717, 1.165) is 24.5 Å². The van der Waals surface area contributed by atoms with E-state index in [4.69, 9.17) is 4.74 Å². The van der Waals surface area contributed by atoms with Gasteiger partial charge >= 0.3 is 6.18 Å². The van der Waals surface area contributed by atoms with Gasteiger partial charge in [0.1, 0.15) is 0 Å². The number of alkyl halides is 3. The van der Waals surface area contributed by atoms with E-state index in [9.17, 15) is 26.7 Å². The summed E-state index contributed by atoms with van der Waals surface area (Å²) in [6, 6.07) is 3.82. The minimum absolute atomic E-state index is 0.150. The Morgan fingerprint density at radius 3 is 2.53 bits per heavy atom. The van der Waals surface area contributed by atoms with Crippen molar-refractivity contribution in [2.45, 2.75) is 43.9 Å². The van der Waals surface area contributed by atoms with Gasteiger partial charge in [0, 0.05) is 32.7 Å². The van der Waals surface area contributed by atoms with Gasteiger partial charge < -0.3 is 9.84 Å². The lowest BCUT2D eigenvalue weighted by molar-refractivity contribution is -0.137. The first kappa shape index (κ1) is 25.6. The Hall–Kier alpha value is -1.46. The Balaban J connectivity index is 1.23. The van der Waals surface area contributed by atoms with Crippen molar-refractivity contribution in [3.05, 3.63) is 41.5 Å². The highest BCUT2D eigenvalue weighted by Crippen LogP contribution is 2.59. The second-order valence-electron chi connectivity index (χ2n) is 10.2. The third-order valence-corrected chi connectivity index (χ3v) is 9.66. The predicted molar refractivity (Wildman–Crippen MR) is 122 cm³/mol. The number of rotatable bonds is 8. The summed E-state index contributed by atoms with van der Waals surface area (Å²) < 4.78 is 71.6. The van der Waals surface area contributed by atoms with Crippen LogP contribution >= 0.6 is 0 Å². The van der Waals surface area contributed by atoms with Crippen molar-refractivity contribution in [1.82, 2.24) is 9.21 Å². The molecule has 1 heterocycles. The van der Waals surface area contributed by atoms with Crippen LogP contribution < -0.4 is 0 Å². The fourth-order valence-corrected chi connectivity index (χ4v) is 6.91. The van der Waals surface area contributed by atoms with Crippen molar-refractivity contribution in [2.75, 3.05) is 45.9 Å². The van der Waals surface area contributed by atoms with Crippen LogP contribution in [0.4, 0.5) is 13.2 Å². The summed E-state index contributed by atoms with van der Waals surface area (Å²) in [7, 11) is -4.02. The zero-order chi connectivity index (χ0) is 24.7. The predicted octanol–water partition coefficient (Wildman–Crippen LogP) is 3.38. The molecule has 0 aromatic heterocycles. The number of allylic oxidation sites excluding steroid dienone is 1. The molecular formula is C24H33F3N2O4S. The molecule has 4 aliphatic rings. The Kier molecular flexibility index (Phi) is 7.19. The maximum atomic E-state index is 13.0. The summed E-state index contributed by atoms with van der Waals surface area (Å²) in [5.74, 6) is 1.33. The molecule has 34 heavy (non-hydrogen) atoms. The number of nitrogens with zero attached hydrogens (tertiary/aromatic N) is 2. The molecule has 1 aromatic rings. The summed E-state index contributed by atoms with van der Waals surface area (Å²) in [4.78, 5) is 1.59. The molecule has 1 N–H and O–H groups in total. The number of hydrogen-bond donors (Lipinski definition) is 1. The number of sulfonamides is 1. The molecule has 5 rings (SSSR count). The fraction of sp³-hybridized carbons (Fsp3) is 0.667. The number of β-amino-alcohol motifs (C(OH)–C–C–N with tert-alkyl or cyclic N) is 1. The third kappa shape index (κ3) is 5.21. The largest absolute Gasteiger partial charge is 0.416 e. The average molecular weight is 503 g/mol. The minimum atomic E-state index is -4.60. The van der Waals surface area contributed by atoms with Crippen LogP contribution in [0.1, 0.15) is 32.3 Å². The molecule has 0 radical (unpaired) electrons. The SMILES string of the molecule is CC1(C)[C@H]2CC=C(COC[C@@H](O)CN3CCN(S(=O)(=O)c4cccc(C(F)(F)F)c4)CC3)[C@@H]1C2. The van der Waals surface area contributed by atoms with Gasteiger partial charge in [-0.2, -0.15) is 17.5 Å². The molecule has 1 aliphatic heterocycles. The van der Waals surface area contributed by atoms with Gasteiger partial charge in [-0.3, -0.25) is 4.90 Å². The quantitative estimate of drug-likeness (QED) is 0.552. The topological polar surface area (TPSA) is 70.1 Å². The van der Waals surface area contributed by atoms with E-state index in [-0.39, 0.29) is 24.6 Å². The molecule has 0 spiro atoms. The summed E-state index contributed by atoms with van der Waals surface area (Å²) >= 11 is 0. The number of halogens is 3. The van der Waals surface area contributed by atoms with E-state index >= 15 is 0 Å². The number of hydrogen-bond acceptors (Lipinski definition) is 5. The number of aliphatic hydroxyl groups is 1. The lowest BCUT2D eigenvalue weighted by atomic mass is 9.49. The second-order valence-corrected chi connectivity index (χ2v) is 12.2. The van der Waals surface area contributed by atoms with Gasteiger partial charge in [-0.15, -0.1) is 0 Å². The Labute approximate surface area is 199 Å². The monoisotopic (exact) mass is 502 g/mol. The van der Waals surface area contributed by atoms with E-state index in [1.54, 1.807) is 0 Å². The normalized spacial score (nSPS) is 26.6. The molecule has 190 valence electrons. The lowest BCUT2D eigenvalue weighted by Gasteiger charge is -2.56. The highest BCUT2D eigenvalue weighted by Gasteiger charge is 2.51. The molecule has 1 saturated heterocycles. The van der Waals surface area contributed by atoms with Crippen molar-refractivity contribution in [3.8, 4) is 0 Å². The number of ether oxygens (including phenoxy) is 1. The zero-order valence-electron chi connectivity index (χ0n) is 19.6. The van der Waals surface area contributed by atoms with Gasteiger partial charge in [0.25, 0.3) is 0 Å². The van der Waals surface area contributed by atoms with Crippen LogP contribution in [-0.4, -0.2) is 74.8 Å². The van der Waals surface area contributed by atoms with Gasteiger partial charge in [-0.05, 0) is 53.9 Å². The van der Waals surface area contributed by atoms with Crippen molar-refractivity contribution in [2.24, 2.45) is 17.3 Å². The summed E-state index contributed by atoms with van der Waals surface area (Å²) in [6.45, 7) is 6.77. The van der Waals surface area contributed by atoms with Crippen LogP contribution in [0.15, 0.2) is 40.8 Å². The van der Waals surface area contributed by atoms with E-state index in [2.05, 4.69) is 19.9 Å². The van der Waals surface area contributed by atoms with Crippen LogP contribution in [0.25, 0.3) is 0 Å². The molecular weight excluding hydrogens is 469 g/mol. The Morgan fingerprint density at radius 1 is 1.21 bits per heavy atom. The van der Waals surface area contributed by atoms with Gasteiger partial charge in [-0.25, -0.2) is 8.42 Å². The van der Waals surface area contributed by atoms with Crippen molar-refractivity contribution in [1.29, 1.82) is 0 Å². The Bertz CT molecular complexity index is 1020. The van der Waals surface area contributed by atoms with E-state index < -0.39 is 27.9 Å². The summed E-state index contributed by atoms with van der Waals surface area (Å²) in [5, 5.41) is 10.4. The second kappa shape index (κ2) is 9.54. The standard InChI is InChI=1S/C24H33F3N2O4S/c1-23(2)18-7-6-17(22(23)13-18)15-33-16-20(30)14-28-8-10-29(11-9-28)34(31,32)21-5-3-4-19(12-21)24(25,26)27/h3-6,12,18,20,22,30H,7-11,13-16H2,1-2H3/t18-,20-,22-/m0/s1. The molecule has 2 bridgehead atoms. The van der Waals surface area contributed by atoms with Crippen LogP contribution in [0.3, 0.4) is 0 Å². The lowest BCUT2D eigenvalue weighted by Crippen LogP contribution is -2.50. The number of fused-ring (bicyclic) bond motifs is 1. The minimum Gasteiger partial charge on any atom is -0.389 e.